The number of aldehydes is 1. The van der Waals surface area contributed by atoms with Crippen molar-refractivity contribution in [3.8, 4) is 0 Å². The van der Waals surface area contributed by atoms with E-state index < -0.39 is 0 Å². The van der Waals surface area contributed by atoms with Crippen LogP contribution in [0.2, 0.25) is 0 Å². The summed E-state index contributed by atoms with van der Waals surface area (Å²) in [6.45, 7) is 3.66. The monoisotopic (exact) mass is 239 g/mol. The normalized spacial score (nSPS) is 9.38. The SMILES string of the molecule is C=C(C=O)c1cc(Br)ccc1NC. The van der Waals surface area contributed by atoms with Gasteiger partial charge in [-0.2, -0.15) is 0 Å². The fourth-order valence-corrected chi connectivity index (χ4v) is 1.42. The summed E-state index contributed by atoms with van der Waals surface area (Å²) in [5, 5.41) is 3.00. The van der Waals surface area contributed by atoms with Crippen LogP contribution in [0.4, 0.5) is 5.69 Å². The molecule has 0 amide bonds. The summed E-state index contributed by atoms with van der Waals surface area (Å²) < 4.78 is 0.935. The summed E-state index contributed by atoms with van der Waals surface area (Å²) in [6.07, 6.45) is 0.753. The highest BCUT2D eigenvalue weighted by Gasteiger charge is 2.04. The van der Waals surface area contributed by atoms with Crippen molar-refractivity contribution in [1.29, 1.82) is 0 Å². The summed E-state index contributed by atoms with van der Waals surface area (Å²) in [6, 6.07) is 5.67. The third-order valence-corrected chi connectivity index (χ3v) is 2.23. The predicted octanol–water partition coefficient (Wildman–Crippen LogP) is 2.70. The van der Waals surface area contributed by atoms with E-state index in [9.17, 15) is 4.79 Å². The van der Waals surface area contributed by atoms with Crippen molar-refractivity contribution in [2.24, 2.45) is 0 Å². The van der Waals surface area contributed by atoms with E-state index in [2.05, 4.69) is 27.8 Å². The van der Waals surface area contributed by atoms with Gasteiger partial charge in [0.05, 0.1) is 0 Å². The molecule has 1 aromatic rings. The summed E-state index contributed by atoms with van der Waals surface area (Å²) in [5.41, 5.74) is 2.21. The minimum Gasteiger partial charge on any atom is -0.388 e. The first-order chi connectivity index (χ1) is 6.19. The van der Waals surface area contributed by atoms with E-state index in [0.717, 1.165) is 22.0 Å². The number of halogens is 1. The topological polar surface area (TPSA) is 29.1 Å². The maximum atomic E-state index is 10.5. The molecule has 1 aromatic carbocycles. The molecule has 0 saturated carbocycles. The van der Waals surface area contributed by atoms with Crippen molar-refractivity contribution < 1.29 is 4.79 Å². The van der Waals surface area contributed by atoms with Gasteiger partial charge in [0.2, 0.25) is 0 Å². The lowest BCUT2D eigenvalue weighted by Crippen LogP contribution is -1.94. The Morgan fingerprint density at radius 3 is 2.85 bits per heavy atom. The molecule has 0 saturated heterocycles. The van der Waals surface area contributed by atoms with Gasteiger partial charge >= 0.3 is 0 Å². The van der Waals surface area contributed by atoms with Gasteiger partial charge in [0.25, 0.3) is 0 Å². The number of carbonyl (C=O) groups excluding carboxylic acids is 1. The minimum atomic E-state index is 0.477. The van der Waals surface area contributed by atoms with Gasteiger partial charge in [0.1, 0.15) is 6.29 Å². The lowest BCUT2D eigenvalue weighted by atomic mass is 10.1. The maximum absolute atomic E-state index is 10.5. The first-order valence-corrected chi connectivity index (χ1v) is 4.60. The zero-order chi connectivity index (χ0) is 9.84. The van der Waals surface area contributed by atoms with Crippen LogP contribution in [0.15, 0.2) is 29.3 Å². The molecule has 13 heavy (non-hydrogen) atoms. The second kappa shape index (κ2) is 4.23. The number of rotatable bonds is 3. The van der Waals surface area contributed by atoms with Gasteiger partial charge in [-0.25, -0.2) is 0 Å². The molecule has 0 spiro atoms. The van der Waals surface area contributed by atoms with Gasteiger partial charge in [0, 0.05) is 28.3 Å². The van der Waals surface area contributed by atoms with E-state index >= 15 is 0 Å². The van der Waals surface area contributed by atoms with Crippen LogP contribution < -0.4 is 5.32 Å². The van der Waals surface area contributed by atoms with Crippen molar-refractivity contribution >= 4 is 33.5 Å². The highest BCUT2D eigenvalue weighted by Crippen LogP contribution is 2.25. The van der Waals surface area contributed by atoms with Crippen molar-refractivity contribution in [3.63, 3.8) is 0 Å². The Morgan fingerprint density at radius 1 is 1.62 bits per heavy atom. The second-order valence-electron chi connectivity index (χ2n) is 2.58. The number of anilines is 1. The Morgan fingerprint density at radius 2 is 2.31 bits per heavy atom. The molecule has 0 aliphatic carbocycles. The maximum Gasteiger partial charge on any atom is 0.150 e. The Balaban J connectivity index is 3.23. The molecule has 0 fully saturated rings. The Hall–Kier alpha value is -1.09. The minimum absolute atomic E-state index is 0.477. The molecule has 68 valence electrons. The molecule has 1 N–H and O–H groups in total. The van der Waals surface area contributed by atoms with Crippen molar-refractivity contribution in [2.75, 3.05) is 12.4 Å². The third-order valence-electron chi connectivity index (χ3n) is 1.74. The molecule has 2 nitrogen and oxygen atoms in total. The molecule has 0 aromatic heterocycles. The van der Waals surface area contributed by atoms with E-state index in [4.69, 9.17) is 0 Å². The number of hydrogen-bond acceptors (Lipinski definition) is 2. The lowest BCUT2D eigenvalue weighted by molar-refractivity contribution is -0.103. The Labute approximate surface area is 85.8 Å². The van der Waals surface area contributed by atoms with Crippen molar-refractivity contribution in [3.05, 3.63) is 34.8 Å². The van der Waals surface area contributed by atoms with Crippen LogP contribution in [0.25, 0.3) is 5.57 Å². The second-order valence-corrected chi connectivity index (χ2v) is 3.50. The lowest BCUT2D eigenvalue weighted by Gasteiger charge is -2.07. The van der Waals surface area contributed by atoms with Gasteiger partial charge in [-0.1, -0.05) is 22.5 Å². The van der Waals surface area contributed by atoms with Crippen LogP contribution in [-0.4, -0.2) is 13.3 Å². The number of carbonyl (C=O) groups is 1. The number of hydrogen-bond donors (Lipinski definition) is 1. The third kappa shape index (κ3) is 2.18. The van der Waals surface area contributed by atoms with Crippen molar-refractivity contribution in [2.45, 2.75) is 0 Å². The highest BCUT2D eigenvalue weighted by molar-refractivity contribution is 9.10. The summed E-state index contributed by atoms with van der Waals surface area (Å²) in [7, 11) is 1.81. The molecule has 0 unspecified atom stereocenters. The molecule has 1 rings (SSSR count). The van der Waals surface area contributed by atoms with E-state index in [1.165, 1.54) is 0 Å². The van der Waals surface area contributed by atoms with E-state index in [1.807, 2.05) is 25.2 Å². The molecular weight excluding hydrogens is 230 g/mol. The first kappa shape index (κ1) is 9.99. The van der Waals surface area contributed by atoms with Crippen LogP contribution in [0.5, 0.6) is 0 Å². The van der Waals surface area contributed by atoms with E-state index in [0.29, 0.717) is 5.57 Å². The van der Waals surface area contributed by atoms with Gasteiger partial charge in [-0.15, -0.1) is 0 Å². The molecule has 0 radical (unpaired) electrons. The van der Waals surface area contributed by atoms with Crippen LogP contribution >= 0.6 is 15.9 Å². The number of allylic oxidation sites excluding steroid dienone is 1. The predicted molar refractivity (Wildman–Crippen MR) is 58.8 cm³/mol. The summed E-state index contributed by atoms with van der Waals surface area (Å²) in [5.74, 6) is 0. The molecule has 3 heteroatoms. The van der Waals surface area contributed by atoms with E-state index in [1.54, 1.807) is 0 Å². The fraction of sp³-hybridized carbons (Fsp3) is 0.100. The molecule has 0 bridgehead atoms. The largest absolute Gasteiger partial charge is 0.388 e. The Bertz CT molecular complexity index is 347. The summed E-state index contributed by atoms with van der Waals surface area (Å²) >= 11 is 3.34. The van der Waals surface area contributed by atoms with Crippen LogP contribution in [-0.2, 0) is 4.79 Å². The number of benzene rings is 1. The van der Waals surface area contributed by atoms with Crippen LogP contribution in [0.1, 0.15) is 5.56 Å². The van der Waals surface area contributed by atoms with Gasteiger partial charge < -0.3 is 5.32 Å². The fourth-order valence-electron chi connectivity index (χ4n) is 1.06. The van der Waals surface area contributed by atoms with Gasteiger partial charge in [-0.05, 0) is 18.2 Å². The van der Waals surface area contributed by atoms with Crippen LogP contribution in [0.3, 0.4) is 0 Å². The molecule has 0 aliphatic heterocycles. The first-order valence-electron chi connectivity index (χ1n) is 3.80. The quantitative estimate of drug-likeness (QED) is 0.650. The zero-order valence-electron chi connectivity index (χ0n) is 7.30. The number of nitrogens with one attached hydrogen (secondary N) is 1. The average molecular weight is 240 g/mol. The van der Waals surface area contributed by atoms with Crippen molar-refractivity contribution in [1.82, 2.24) is 0 Å². The standard InChI is InChI=1S/C10H10BrNO/c1-7(6-13)9-5-8(11)3-4-10(9)12-2/h3-6,12H,1H2,2H3. The van der Waals surface area contributed by atoms with Crippen LogP contribution in [0, 0.1) is 0 Å². The zero-order valence-corrected chi connectivity index (χ0v) is 8.89. The highest BCUT2D eigenvalue weighted by atomic mass is 79.9. The molecule has 0 atom stereocenters. The molecule has 0 heterocycles. The molecule has 0 aliphatic rings. The van der Waals surface area contributed by atoms with E-state index in [-0.39, 0.29) is 0 Å². The summed E-state index contributed by atoms with van der Waals surface area (Å²) in [4.78, 5) is 10.5. The van der Waals surface area contributed by atoms with Gasteiger partial charge in [-0.3, -0.25) is 4.79 Å². The average Bonchev–Trinajstić information content (AvgIpc) is 2.16. The Kier molecular flexibility index (Phi) is 3.25. The molecular formula is C10H10BrNO. The smallest absolute Gasteiger partial charge is 0.150 e. The van der Waals surface area contributed by atoms with Gasteiger partial charge in [0.15, 0.2) is 0 Å².